The van der Waals surface area contributed by atoms with Gasteiger partial charge in [-0.1, -0.05) is 0 Å². The van der Waals surface area contributed by atoms with Crippen molar-refractivity contribution in [2.45, 2.75) is 33.6 Å². The van der Waals surface area contributed by atoms with Gasteiger partial charge in [0.2, 0.25) is 0 Å². The Bertz CT molecular complexity index is 412. The zero-order valence-corrected chi connectivity index (χ0v) is 11.2. The minimum Gasteiger partial charge on any atom is -0.381 e. The number of nitrogens with zero attached hydrogens (tertiary/aromatic N) is 1. The lowest BCUT2D eigenvalue weighted by Crippen LogP contribution is -2.11. The van der Waals surface area contributed by atoms with Gasteiger partial charge in [0, 0.05) is 17.9 Å². The third kappa shape index (κ3) is 4.36. The first-order valence-corrected chi connectivity index (χ1v) is 6.43. The summed E-state index contributed by atoms with van der Waals surface area (Å²) in [6.45, 7) is 6.55. The van der Waals surface area contributed by atoms with E-state index in [1.165, 1.54) is 11.3 Å². The van der Waals surface area contributed by atoms with Crippen LogP contribution in [0.2, 0.25) is 0 Å². The van der Waals surface area contributed by atoms with Gasteiger partial charge in [-0.15, -0.1) is 11.3 Å². The summed E-state index contributed by atoms with van der Waals surface area (Å²) in [6.07, 6.45) is 0.221. The van der Waals surface area contributed by atoms with Crippen LogP contribution in [0.4, 0.5) is 0 Å². The van der Waals surface area contributed by atoms with Crippen LogP contribution in [0, 0.1) is 13.8 Å². The minimum atomic E-state index is -0.187. The SMILES string of the molecule is CCOCCC(=O)CC(=O)c1nc(C)sc1C. The highest BCUT2D eigenvalue weighted by Gasteiger charge is 2.17. The maximum atomic E-state index is 11.8. The van der Waals surface area contributed by atoms with E-state index < -0.39 is 0 Å². The molecule has 0 N–H and O–H groups in total. The van der Waals surface area contributed by atoms with Gasteiger partial charge >= 0.3 is 0 Å². The number of ether oxygens (including phenoxy) is 1. The number of thiazole rings is 1. The molecule has 0 aliphatic heterocycles. The summed E-state index contributed by atoms with van der Waals surface area (Å²) in [4.78, 5) is 28.3. The van der Waals surface area contributed by atoms with Crippen molar-refractivity contribution in [3.63, 3.8) is 0 Å². The number of carbonyl (C=O) groups excluding carboxylic acids is 2. The molecule has 0 saturated carbocycles. The molecule has 0 aliphatic rings. The molecule has 1 aromatic rings. The molecule has 0 spiro atoms. The third-order valence-electron chi connectivity index (χ3n) is 2.25. The lowest BCUT2D eigenvalue weighted by atomic mass is 10.1. The molecule has 0 bridgehead atoms. The Morgan fingerprint density at radius 1 is 1.35 bits per heavy atom. The summed E-state index contributed by atoms with van der Waals surface area (Å²) in [5, 5.41) is 0.854. The van der Waals surface area contributed by atoms with Crippen LogP contribution in [0.25, 0.3) is 0 Å². The predicted molar refractivity (Wildman–Crippen MR) is 66.7 cm³/mol. The summed E-state index contributed by atoms with van der Waals surface area (Å²) < 4.78 is 5.07. The monoisotopic (exact) mass is 255 g/mol. The largest absolute Gasteiger partial charge is 0.381 e. The topological polar surface area (TPSA) is 56.3 Å². The first-order valence-electron chi connectivity index (χ1n) is 5.61. The Morgan fingerprint density at radius 3 is 2.59 bits per heavy atom. The van der Waals surface area contributed by atoms with Gasteiger partial charge in [-0.3, -0.25) is 9.59 Å². The summed E-state index contributed by atoms with van der Waals surface area (Å²) in [6, 6.07) is 0. The molecular formula is C12H17NO3S. The van der Waals surface area contributed by atoms with Crippen LogP contribution in [-0.4, -0.2) is 29.8 Å². The van der Waals surface area contributed by atoms with Crippen molar-refractivity contribution in [1.82, 2.24) is 4.98 Å². The van der Waals surface area contributed by atoms with Crippen LogP contribution in [0.5, 0.6) is 0 Å². The van der Waals surface area contributed by atoms with Crippen molar-refractivity contribution in [2.24, 2.45) is 0 Å². The number of aryl methyl sites for hydroxylation is 2. The van der Waals surface area contributed by atoms with E-state index in [2.05, 4.69) is 4.98 Å². The summed E-state index contributed by atoms with van der Waals surface area (Å²) in [7, 11) is 0. The Morgan fingerprint density at radius 2 is 2.06 bits per heavy atom. The average molecular weight is 255 g/mol. The molecule has 0 unspecified atom stereocenters. The van der Waals surface area contributed by atoms with Crippen molar-refractivity contribution in [1.29, 1.82) is 0 Å². The van der Waals surface area contributed by atoms with Crippen molar-refractivity contribution < 1.29 is 14.3 Å². The van der Waals surface area contributed by atoms with Gasteiger partial charge in [-0.2, -0.15) is 0 Å². The van der Waals surface area contributed by atoms with Crippen LogP contribution < -0.4 is 0 Å². The molecule has 1 rings (SSSR count). The second-order valence-corrected chi connectivity index (χ2v) is 5.13. The van der Waals surface area contributed by atoms with Gasteiger partial charge < -0.3 is 4.74 Å². The number of hydrogen-bond donors (Lipinski definition) is 0. The normalized spacial score (nSPS) is 10.5. The Balaban J connectivity index is 2.49. The standard InChI is InChI=1S/C12H17NO3S/c1-4-16-6-5-10(14)7-11(15)12-8(2)17-9(3)13-12/h4-7H2,1-3H3. The fourth-order valence-electron chi connectivity index (χ4n) is 1.47. The number of aromatic nitrogens is 1. The molecule has 0 atom stereocenters. The van der Waals surface area contributed by atoms with Gasteiger partial charge in [0.25, 0.3) is 0 Å². The molecule has 0 saturated heterocycles. The zero-order chi connectivity index (χ0) is 12.8. The van der Waals surface area contributed by atoms with Crippen molar-refractivity contribution in [3.05, 3.63) is 15.6 Å². The van der Waals surface area contributed by atoms with E-state index in [9.17, 15) is 9.59 Å². The van der Waals surface area contributed by atoms with Gasteiger partial charge in [-0.25, -0.2) is 4.98 Å². The van der Waals surface area contributed by atoms with E-state index in [0.29, 0.717) is 25.3 Å². The highest BCUT2D eigenvalue weighted by molar-refractivity contribution is 7.11. The van der Waals surface area contributed by atoms with E-state index in [0.717, 1.165) is 9.88 Å². The zero-order valence-electron chi connectivity index (χ0n) is 10.4. The number of rotatable bonds is 7. The van der Waals surface area contributed by atoms with Crippen LogP contribution in [0.1, 0.15) is 40.1 Å². The molecule has 0 aliphatic carbocycles. The Labute approximate surface area is 105 Å². The van der Waals surface area contributed by atoms with Crippen molar-refractivity contribution >= 4 is 22.9 Å². The first kappa shape index (κ1) is 14.0. The molecular weight excluding hydrogens is 238 g/mol. The minimum absolute atomic E-state index is 0.0723. The molecule has 0 aromatic carbocycles. The predicted octanol–water partition coefficient (Wildman–Crippen LogP) is 2.33. The van der Waals surface area contributed by atoms with Crippen molar-refractivity contribution in [2.75, 3.05) is 13.2 Å². The molecule has 1 heterocycles. The van der Waals surface area contributed by atoms with Gasteiger partial charge in [0.15, 0.2) is 5.78 Å². The summed E-state index contributed by atoms with van der Waals surface area (Å²) in [5.74, 6) is -0.276. The van der Waals surface area contributed by atoms with E-state index in [1.54, 1.807) is 0 Å². The molecule has 1 aromatic heterocycles. The highest BCUT2D eigenvalue weighted by atomic mass is 32.1. The van der Waals surface area contributed by atoms with E-state index in [1.807, 2.05) is 20.8 Å². The fourth-order valence-corrected chi connectivity index (χ4v) is 2.31. The van der Waals surface area contributed by atoms with E-state index >= 15 is 0 Å². The lowest BCUT2D eigenvalue weighted by Gasteiger charge is -2.00. The van der Waals surface area contributed by atoms with Crippen LogP contribution in [0.3, 0.4) is 0 Å². The second kappa shape index (κ2) is 6.61. The van der Waals surface area contributed by atoms with Crippen LogP contribution >= 0.6 is 11.3 Å². The number of Topliss-reactive ketones (excluding diaryl/α,β-unsaturated/α-hetero) is 2. The lowest BCUT2D eigenvalue weighted by molar-refractivity contribution is -0.119. The molecule has 94 valence electrons. The molecule has 0 radical (unpaired) electrons. The fraction of sp³-hybridized carbons (Fsp3) is 0.583. The number of hydrogen-bond acceptors (Lipinski definition) is 5. The first-order chi connectivity index (χ1) is 8.04. The second-order valence-electron chi connectivity index (χ2n) is 3.72. The maximum absolute atomic E-state index is 11.8. The smallest absolute Gasteiger partial charge is 0.189 e. The Hall–Kier alpha value is -1.07. The molecule has 5 heteroatoms. The third-order valence-corrected chi connectivity index (χ3v) is 3.14. The van der Waals surface area contributed by atoms with Crippen LogP contribution in [-0.2, 0) is 9.53 Å². The van der Waals surface area contributed by atoms with Gasteiger partial charge in [-0.05, 0) is 20.8 Å². The maximum Gasteiger partial charge on any atom is 0.189 e. The highest BCUT2D eigenvalue weighted by Crippen LogP contribution is 2.18. The summed E-state index contributed by atoms with van der Waals surface area (Å²) >= 11 is 1.48. The number of ketones is 2. The Kier molecular flexibility index (Phi) is 5.44. The van der Waals surface area contributed by atoms with E-state index in [-0.39, 0.29) is 18.0 Å². The van der Waals surface area contributed by atoms with Gasteiger partial charge in [0.1, 0.15) is 11.5 Å². The quantitative estimate of drug-likeness (QED) is 0.426. The molecule has 0 fully saturated rings. The van der Waals surface area contributed by atoms with Gasteiger partial charge in [0.05, 0.1) is 18.0 Å². The molecule has 17 heavy (non-hydrogen) atoms. The summed E-state index contributed by atoms with van der Waals surface area (Å²) in [5.41, 5.74) is 0.442. The molecule has 4 nitrogen and oxygen atoms in total. The van der Waals surface area contributed by atoms with Crippen LogP contribution in [0.15, 0.2) is 0 Å². The molecule has 0 amide bonds. The van der Waals surface area contributed by atoms with E-state index in [4.69, 9.17) is 4.74 Å². The average Bonchev–Trinajstić information content (AvgIpc) is 2.58. The number of carbonyl (C=O) groups is 2. The van der Waals surface area contributed by atoms with Crippen molar-refractivity contribution in [3.8, 4) is 0 Å².